The zero-order valence-corrected chi connectivity index (χ0v) is 13.3. The van der Waals surface area contributed by atoms with Crippen LogP contribution in [0.4, 0.5) is 5.69 Å². The van der Waals surface area contributed by atoms with Gasteiger partial charge in [-0.2, -0.15) is 0 Å². The summed E-state index contributed by atoms with van der Waals surface area (Å²) in [6, 6.07) is 7.72. The summed E-state index contributed by atoms with van der Waals surface area (Å²) in [5.41, 5.74) is 1.90. The van der Waals surface area contributed by atoms with Gasteiger partial charge in [0.2, 0.25) is 5.91 Å². The molecule has 0 radical (unpaired) electrons. The molecule has 1 fully saturated rings. The number of aliphatic carboxylic acids is 1. The van der Waals surface area contributed by atoms with E-state index in [1.54, 1.807) is 7.05 Å². The van der Waals surface area contributed by atoms with Gasteiger partial charge in [-0.15, -0.1) is 0 Å². The molecule has 2 rings (SSSR count). The number of hydrogen-bond acceptors (Lipinski definition) is 5. The van der Waals surface area contributed by atoms with Gasteiger partial charge in [-0.25, -0.2) is 0 Å². The predicted octanol–water partition coefficient (Wildman–Crippen LogP) is 0.474. The highest BCUT2D eigenvalue weighted by Crippen LogP contribution is 2.12. The Balaban J connectivity index is 1.79. The molecule has 1 heterocycles. The van der Waals surface area contributed by atoms with Gasteiger partial charge < -0.3 is 15.2 Å². The van der Waals surface area contributed by atoms with Crippen LogP contribution in [0.2, 0.25) is 0 Å². The summed E-state index contributed by atoms with van der Waals surface area (Å²) in [5, 5.41) is 11.4. The molecule has 0 aliphatic carbocycles. The van der Waals surface area contributed by atoms with E-state index in [1.165, 1.54) is 10.5 Å². The highest BCUT2D eigenvalue weighted by Gasteiger charge is 2.12. The van der Waals surface area contributed by atoms with Gasteiger partial charge in [-0.3, -0.25) is 19.4 Å². The third-order valence-electron chi connectivity index (χ3n) is 3.57. The van der Waals surface area contributed by atoms with E-state index in [9.17, 15) is 9.59 Å². The number of rotatable bonds is 7. The van der Waals surface area contributed by atoms with E-state index < -0.39 is 5.97 Å². The van der Waals surface area contributed by atoms with Crippen molar-refractivity contribution in [2.24, 2.45) is 0 Å². The Kier molecular flexibility index (Phi) is 6.52. The number of nitrogens with one attached hydrogen (secondary N) is 1. The van der Waals surface area contributed by atoms with Crippen molar-refractivity contribution in [1.82, 2.24) is 9.80 Å². The maximum atomic E-state index is 11.8. The monoisotopic (exact) mass is 321 g/mol. The molecule has 7 nitrogen and oxygen atoms in total. The first-order valence-electron chi connectivity index (χ1n) is 7.62. The van der Waals surface area contributed by atoms with Crippen LogP contribution >= 0.6 is 0 Å². The molecule has 126 valence electrons. The summed E-state index contributed by atoms with van der Waals surface area (Å²) in [7, 11) is 1.60. The lowest BCUT2D eigenvalue weighted by molar-refractivity contribution is -0.138. The summed E-state index contributed by atoms with van der Waals surface area (Å²) in [6.07, 6.45) is 0. The molecule has 0 aromatic heterocycles. The van der Waals surface area contributed by atoms with Gasteiger partial charge in [0.25, 0.3) is 0 Å². The molecule has 2 N–H and O–H groups in total. The van der Waals surface area contributed by atoms with Crippen LogP contribution in [0, 0.1) is 0 Å². The van der Waals surface area contributed by atoms with Crippen molar-refractivity contribution in [3.63, 3.8) is 0 Å². The van der Waals surface area contributed by atoms with Crippen molar-refractivity contribution in [2.75, 3.05) is 51.8 Å². The van der Waals surface area contributed by atoms with Gasteiger partial charge in [-0.05, 0) is 24.7 Å². The number of ether oxygens (including phenoxy) is 1. The van der Waals surface area contributed by atoms with Crippen LogP contribution < -0.4 is 5.32 Å². The second-order valence-electron chi connectivity index (χ2n) is 5.70. The van der Waals surface area contributed by atoms with Crippen LogP contribution in [-0.4, -0.2) is 73.2 Å². The molecule has 1 aromatic carbocycles. The first-order valence-corrected chi connectivity index (χ1v) is 7.62. The minimum atomic E-state index is -0.951. The molecule has 0 bridgehead atoms. The number of carbonyl (C=O) groups excluding carboxylic acids is 1. The number of hydrogen-bond donors (Lipinski definition) is 2. The molecule has 1 saturated heterocycles. The fraction of sp³-hybridized carbons (Fsp3) is 0.500. The molecule has 1 amide bonds. The third-order valence-corrected chi connectivity index (χ3v) is 3.57. The Bertz CT molecular complexity index is 527. The highest BCUT2D eigenvalue weighted by molar-refractivity contribution is 5.92. The summed E-state index contributed by atoms with van der Waals surface area (Å²) in [6.45, 7) is 4.19. The van der Waals surface area contributed by atoms with Crippen molar-refractivity contribution >= 4 is 17.6 Å². The van der Waals surface area contributed by atoms with Gasteiger partial charge in [0.1, 0.15) is 0 Å². The van der Waals surface area contributed by atoms with E-state index in [2.05, 4.69) is 10.2 Å². The van der Waals surface area contributed by atoms with Gasteiger partial charge in [0.05, 0.1) is 26.3 Å². The molecule has 7 heteroatoms. The Hall–Kier alpha value is -1.96. The van der Waals surface area contributed by atoms with Crippen molar-refractivity contribution < 1.29 is 19.4 Å². The SMILES string of the molecule is CN(CC(=O)O)CC(=O)Nc1ccc(CN2CCOCC2)cc1. The van der Waals surface area contributed by atoms with Crippen molar-refractivity contribution in [1.29, 1.82) is 0 Å². The van der Waals surface area contributed by atoms with E-state index in [1.807, 2.05) is 24.3 Å². The molecular weight excluding hydrogens is 298 g/mol. The van der Waals surface area contributed by atoms with E-state index >= 15 is 0 Å². The standard InChI is InChI=1S/C16H23N3O4/c1-18(12-16(21)22)11-15(20)17-14-4-2-13(3-5-14)10-19-6-8-23-9-7-19/h2-5H,6-12H2,1H3,(H,17,20)(H,21,22). The minimum Gasteiger partial charge on any atom is -0.480 e. The average molecular weight is 321 g/mol. The number of amides is 1. The number of carbonyl (C=O) groups is 2. The van der Waals surface area contributed by atoms with Crippen LogP contribution in [-0.2, 0) is 20.9 Å². The molecular formula is C16H23N3O4. The topological polar surface area (TPSA) is 82.1 Å². The van der Waals surface area contributed by atoms with E-state index in [4.69, 9.17) is 9.84 Å². The molecule has 23 heavy (non-hydrogen) atoms. The largest absolute Gasteiger partial charge is 0.480 e. The molecule has 1 aromatic rings. The maximum Gasteiger partial charge on any atom is 0.317 e. The number of nitrogens with zero attached hydrogens (tertiary/aromatic N) is 2. The number of anilines is 1. The molecule has 0 spiro atoms. The molecule has 1 aliphatic rings. The zero-order valence-electron chi connectivity index (χ0n) is 13.3. The normalized spacial score (nSPS) is 15.6. The van der Waals surface area contributed by atoms with Crippen LogP contribution in [0.5, 0.6) is 0 Å². The number of benzene rings is 1. The fourth-order valence-electron chi connectivity index (χ4n) is 2.44. The van der Waals surface area contributed by atoms with Crippen molar-refractivity contribution in [3.8, 4) is 0 Å². The number of carboxylic acid groups (broad SMARTS) is 1. The quantitative estimate of drug-likeness (QED) is 0.760. The summed E-state index contributed by atoms with van der Waals surface area (Å²) < 4.78 is 5.33. The van der Waals surface area contributed by atoms with E-state index in [-0.39, 0.29) is 19.0 Å². The number of likely N-dealkylation sites (N-methyl/N-ethyl adjacent to an activating group) is 1. The lowest BCUT2D eigenvalue weighted by atomic mass is 10.2. The Morgan fingerprint density at radius 1 is 1.22 bits per heavy atom. The second kappa shape index (κ2) is 8.61. The highest BCUT2D eigenvalue weighted by atomic mass is 16.5. The fourth-order valence-corrected chi connectivity index (χ4v) is 2.44. The lowest BCUT2D eigenvalue weighted by Gasteiger charge is -2.26. The molecule has 1 aliphatic heterocycles. The van der Waals surface area contributed by atoms with Gasteiger partial charge in [-0.1, -0.05) is 12.1 Å². The summed E-state index contributed by atoms with van der Waals surface area (Å²) in [4.78, 5) is 26.2. The second-order valence-corrected chi connectivity index (χ2v) is 5.70. The van der Waals surface area contributed by atoms with Crippen LogP contribution in [0.15, 0.2) is 24.3 Å². The number of morpholine rings is 1. The zero-order chi connectivity index (χ0) is 16.7. The van der Waals surface area contributed by atoms with Crippen LogP contribution in [0.25, 0.3) is 0 Å². The van der Waals surface area contributed by atoms with Crippen molar-refractivity contribution in [2.45, 2.75) is 6.54 Å². The van der Waals surface area contributed by atoms with Crippen LogP contribution in [0.1, 0.15) is 5.56 Å². The summed E-state index contributed by atoms with van der Waals surface area (Å²) >= 11 is 0. The predicted molar refractivity (Wildman–Crippen MR) is 86.3 cm³/mol. The maximum absolute atomic E-state index is 11.8. The van der Waals surface area contributed by atoms with E-state index in [0.29, 0.717) is 5.69 Å². The average Bonchev–Trinajstić information content (AvgIpc) is 2.49. The minimum absolute atomic E-state index is 0.0435. The van der Waals surface area contributed by atoms with Gasteiger partial charge in [0, 0.05) is 25.3 Å². The third kappa shape index (κ3) is 6.35. The van der Waals surface area contributed by atoms with Crippen LogP contribution in [0.3, 0.4) is 0 Å². The Morgan fingerprint density at radius 2 is 1.87 bits per heavy atom. The van der Waals surface area contributed by atoms with E-state index in [0.717, 1.165) is 32.8 Å². The molecule has 0 atom stereocenters. The first kappa shape index (κ1) is 17.4. The molecule has 0 saturated carbocycles. The van der Waals surface area contributed by atoms with Gasteiger partial charge >= 0.3 is 5.97 Å². The molecule has 0 unspecified atom stereocenters. The smallest absolute Gasteiger partial charge is 0.317 e. The Morgan fingerprint density at radius 3 is 2.48 bits per heavy atom. The van der Waals surface area contributed by atoms with Gasteiger partial charge in [0.15, 0.2) is 0 Å². The Labute approximate surface area is 135 Å². The first-order chi connectivity index (χ1) is 11.0. The number of carboxylic acids is 1. The van der Waals surface area contributed by atoms with Crippen molar-refractivity contribution in [3.05, 3.63) is 29.8 Å². The lowest BCUT2D eigenvalue weighted by Crippen LogP contribution is -2.35. The summed E-state index contributed by atoms with van der Waals surface area (Å²) in [5.74, 6) is -1.18.